The maximum Gasteiger partial charge on any atom is 0.410 e. The molecule has 0 aromatic heterocycles. The number of carbonyl (C=O) groups is 2. The van der Waals surface area contributed by atoms with Crippen LogP contribution in [0.3, 0.4) is 0 Å². The largest absolute Gasteiger partial charge is 0.444 e. The molecule has 2 aliphatic heterocycles. The number of carbonyl (C=O) groups excluding carboxylic acids is 2. The van der Waals surface area contributed by atoms with E-state index in [-0.39, 0.29) is 34.1 Å². The Bertz CT molecular complexity index is 1360. The summed E-state index contributed by atoms with van der Waals surface area (Å²) in [5.74, 6) is -0.393. The van der Waals surface area contributed by atoms with Crippen LogP contribution in [0.1, 0.15) is 45.4 Å². The third-order valence-electron chi connectivity index (χ3n) is 6.56. The molecule has 2 unspecified atom stereocenters. The van der Waals surface area contributed by atoms with Crippen molar-refractivity contribution in [3.63, 3.8) is 0 Å². The maximum atomic E-state index is 13.1. The summed E-state index contributed by atoms with van der Waals surface area (Å²) in [5.41, 5.74) is 1.94. The lowest BCUT2D eigenvalue weighted by atomic mass is 9.86. The quantitative estimate of drug-likeness (QED) is 0.515. The maximum absolute atomic E-state index is 13.1. The Balaban J connectivity index is 1.43. The molecule has 2 amide bonds. The van der Waals surface area contributed by atoms with Crippen LogP contribution in [0, 0.1) is 18.8 Å². The van der Waals surface area contributed by atoms with Crippen LogP contribution >= 0.6 is 0 Å². The minimum Gasteiger partial charge on any atom is -0.444 e. The molecule has 2 atom stereocenters. The van der Waals surface area contributed by atoms with Gasteiger partial charge in [0.1, 0.15) is 11.3 Å². The average molecular weight is 527 g/mol. The van der Waals surface area contributed by atoms with Crippen molar-refractivity contribution < 1.29 is 22.7 Å². The van der Waals surface area contributed by atoms with E-state index in [0.29, 0.717) is 36.6 Å². The third kappa shape index (κ3) is 5.95. The number of likely N-dealkylation sites (tertiary alicyclic amines) is 1. The number of amides is 2. The number of rotatable bonds is 5. The van der Waals surface area contributed by atoms with Crippen molar-refractivity contribution in [3.8, 4) is 11.4 Å². The average Bonchev–Trinajstić information content (AvgIpc) is 3.26. The van der Waals surface area contributed by atoms with Crippen LogP contribution in [-0.4, -0.2) is 54.0 Å². The first-order chi connectivity index (χ1) is 17.3. The fourth-order valence-corrected chi connectivity index (χ4v) is 5.81. The van der Waals surface area contributed by atoms with Gasteiger partial charge in [-0.25, -0.2) is 13.2 Å². The predicted molar refractivity (Wildman–Crippen MR) is 139 cm³/mol. The Kier molecular flexibility index (Phi) is 7.32. The lowest BCUT2D eigenvalue weighted by molar-refractivity contribution is -0.128. The summed E-state index contributed by atoms with van der Waals surface area (Å²) in [6.45, 7) is 10.4. The molecule has 1 aromatic carbocycles. The van der Waals surface area contributed by atoms with Gasteiger partial charge in [-0.3, -0.25) is 9.78 Å². The van der Waals surface area contributed by atoms with Gasteiger partial charge in [0.15, 0.2) is 0 Å². The fourth-order valence-electron chi connectivity index (χ4n) is 4.40. The van der Waals surface area contributed by atoms with Crippen molar-refractivity contribution in [1.82, 2.24) is 20.2 Å². The number of ether oxygens (including phenoxy) is 1. The molecule has 1 aliphatic carbocycles. The molecule has 37 heavy (non-hydrogen) atoms. The molecule has 4 rings (SSSR count). The molecular weight excluding hydrogens is 492 g/mol. The summed E-state index contributed by atoms with van der Waals surface area (Å²) in [7, 11) is -3.72. The van der Waals surface area contributed by atoms with Crippen molar-refractivity contribution in [2.24, 2.45) is 11.8 Å². The molecule has 0 saturated carbocycles. The monoisotopic (exact) mass is 526 g/mol. The van der Waals surface area contributed by atoms with Gasteiger partial charge < -0.3 is 19.9 Å². The van der Waals surface area contributed by atoms with E-state index in [4.69, 9.17) is 4.74 Å². The van der Waals surface area contributed by atoms with Crippen LogP contribution < -0.4 is 5.32 Å². The van der Waals surface area contributed by atoms with E-state index in [1.807, 2.05) is 34.6 Å². The normalized spacial score (nSPS) is 18.6. The standard InChI is InChI=1S/C27H34N4O5S/c1-17-6-8-20(9-7-17)37(34,35)23-11-10-22-24(23)28-14-19(30-22)15-29-25(32)21-16-31(13-12-18(21)2)26(33)36-27(3,4)5/h6-11,14,18,21,30H,12-13,15-16H2,1-5H3,(H,29,32). The Morgan fingerprint density at radius 2 is 1.86 bits per heavy atom. The third-order valence-corrected chi connectivity index (χ3v) is 8.36. The molecule has 0 radical (unpaired) electrons. The molecule has 0 bridgehead atoms. The summed E-state index contributed by atoms with van der Waals surface area (Å²) in [4.78, 5) is 35.0. The van der Waals surface area contributed by atoms with Gasteiger partial charge in [0.25, 0.3) is 0 Å². The minimum absolute atomic E-state index is 0.118. The van der Waals surface area contributed by atoms with Crippen molar-refractivity contribution in [2.45, 2.75) is 63.0 Å². The number of hydrogen-bond donors (Lipinski definition) is 2. The molecule has 2 heterocycles. The fraction of sp³-hybridized carbons (Fsp3) is 0.444. The highest BCUT2D eigenvalue weighted by atomic mass is 32.2. The number of H-pyrrole nitrogens is 1. The molecule has 3 aliphatic rings. The zero-order chi connectivity index (χ0) is 27.0. The van der Waals surface area contributed by atoms with Gasteiger partial charge >= 0.3 is 6.09 Å². The minimum atomic E-state index is -3.72. The topological polar surface area (TPSA) is 121 Å². The van der Waals surface area contributed by atoms with E-state index in [9.17, 15) is 18.0 Å². The molecule has 10 heteroatoms. The number of benzene rings is 1. The van der Waals surface area contributed by atoms with Crippen LogP contribution in [0.15, 0.2) is 52.4 Å². The van der Waals surface area contributed by atoms with E-state index in [1.54, 1.807) is 41.3 Å². The molecule has 198 valence electrons. The SMILES string of the molecule is Cc1ccc(S(=O)(=O)c2ccc3[nH]c(CNC(=O)C4CN(C(=O)OC(C)(C)C)CCC4C)cnc2-3)cc1. The van der Waals surface area contributed by atoms with E-state index >= 15 is 0 Å². The van der Waals surface area contributed by atoms with Crippen LogP contribution in [0.4, 0.5) is 4.79 Å². The first-order valence-corrected chi connectivity index (χ1v) is 13.9. The highest BCUT2D eigenvalue weighted by molar-refractivity contribution is 7.91. The number of piperidine rings is 1. The van der Waals surface area contributed by atoms with Gasteiger partial charge in [-0.1, -0.05) is 24.6 Å². The first kappa shape index (κ1) is 26.7. The van der Waals surface area contributed by atoms with E-state index in [0.717, 1.165) is 5.56 Å². The van der Waals surface area contributed by atoms with Gasteiger partial charge in [0, 0.05) is 19.3 Å². The lowest BCUT2D eigenvalue weighted by Crippen LogP contribution is -2.49. The smallest absolute Gasteiger partial charge is 0.410 e. The van der Waals surface area contributed by atoms with Crippen molar-refractivity contribution >= 4 is 21.8 Å². The van der Waals surface area contributed by atoms with Crippen LogP contribution in [0.5, 0.6) is 0 Å². The van der Waals surface area contributed by atoms with E-state index < -0.39 is 21.5 Å². The summed E-state index contributed by atoms with van der Waals surface area (Å²) in [5, 5.41) is 2.93. The number of nitrogens with zero attached hydrogens (tertiary/aromatic N) is 2. The second kappa shape index (κ2) is 10.2. The molecule has 1 saturated heterocycles. The van der Waals surface area contributed by atoms with E-state index in [1.165, 1.54) is 6.20 Å². The van der Waals surface area contributed by atoms with Crippen molar-refractivity contribution in [2.75, 3.05) is 13.1 Å². The van der Waals surface area contributed by atoms with Crippen molar-refractivity contribution in [1.29, 1.82) is 0 Å². The number of aromatic nitrogens is 2. The number of sulfone groups is 1. The summed E-state index contributed by atoms with van der Waals surface area (Å²) >= 11 is 0. The summed E-state index contributed by atoms with van der Waals surface area (Å²) < 4.78 is 31.7. The number of hydrogen-bond acceptors (Lipinski definition) is 6. The highest BCUT2D eigenvalue weighted by Gasteiger charge is 2.35. The zero-order valence-electron chi connectivity index (χ0n) is 21.9. The van der Waals surface area contributed by atoms with Crippen LogP contribution in [0.25, 0.3) is 11.4 Å². The Morgan fingerprint density at radius 3 is 2.54 bits per heavy atom. The van der Waals surface area contributed by atoms with Crippen LogP contribution in [-0.2, 0) is 25.9 Å². The number of aryl methyl sites for hydroxylation is 1. The van der Waals surface area contributed by atoms with Gasteiger partial charge in [-0.15, -0.1) is 0 Å². The van der Waals surface area contributed by atoms with Gasteiger partial charge in [0.2, 0.25) is 15.7 Å². The lowest BCUT2D eigenvalue weighted by Gasteiger charge is -2.36. The van der Waals surface area contributed by atoms with E-state index in [2.05, 4.69) is 15.3 Å². The molecular formula is C27H34N4O5S. The highest BCUT2D eigenvalue weighted by Crippen LogP contribution is 2.32. The first-order valence-electron chi connectivity index (χ1n) is 12.4. The molecule has 1 aromatic rings. The Morgan fingerprint density at radius 1 is 1.16 bits per heavy atom. The van der Waals surface area contributed by atoms with Gasteiger partial charge in [0.05, 0.1) is 33.6 Å². The van der Waals surface area contributed by atoms with Gasteiger partial charge in [-0.05, 0) is 64.3 Å². The van der Waals surface area contributed by atoms with Crippen LogP contribution in [0.2, 0.25) is 0 Å². The van der Waals surface area contributed by atoms with Gasteiger partial charge in [-0.2, -0.15) is 0 Å². The zero-order valence-corrected chi connectivity index (χ0v) is 22.7. The molecule has 9 nitrogen and oxygen atoms in total. The second-order valence-corrected chi connectivity index (χ2v) is 12.6. The Hall–Kier alpha value is -3.40. The molecule has 0 spiro atoms. The predicted octanol–water partition coefficient (Wildman–Crippen LogP) is 4.17. The Labute approximate surface area is 217 Å². The summed E-state index contributed by atoms with van der Waals surface area (Å²) in [6, 6.07) is 9.93. The van der Waals surface area contributed by atoms with Crippen molar-refractivity contribution in [3.05, 3.63) is 53.9 Å². The second-order valence-electron chi connectivity index (χ2n) is 10.7. The number of nitrogens with one attached hydrogen (secondary N) is 2. The number of aromatic amines is 1. The molecule has 2 N–H and O–H groups in total. The number of fused-ring (bicyclic) bond motifs is 1. The summed E-state index contributed by atoms with van der Waals surface area (Å²) in [6.07, 6.45) is 1.84. The molecule has 1 fully saturated rings.